The fourth-order valence-corrected chi connectivity index (χ4v) is 4.04. The molecule has 2 heterocycles. The molecule has 110 valence electrons. The molecule has 2 aliphatic heterocycles. The number of hydrogen-bond acceptors (Lipinski definition) is 4. The SMILES string of the molecule is Clc1cc(N[C@H]2CCSC2)ccc1CN1CCOCC1. The minimum atomic E-state index is 0.598. The molecule has 0 bridgehead atoms. The molecule has 2 saturated heterocycles. The molecule has 0 radical (unpaired) electrons. The van der Waals surface area contributed by atoms with Gasteiger partial charge in [0.1, 0.15) is 0 Å². The van der Waals surface area contributed by atoms with Gasteiger partial charge in [-0.15, -0.1) is 0 Å². The van der Waals surface area contributed by atoms with Crippen LogP contribution in [0, 0.1) is 0 Å². The van der Waals surface area contributed by atoms with Crippen molar-refractivity contribution in [2.24, 2.45) is 0 Å². The molecule has 1 aromatic rings. The van der Waals surface area contributed by atoms with Gasteiger partial charge in [-0.05, 0) is 29.9 Å². The van der Waals surface area contributed by atoms with Crippen LogP contribution < -0.4 is 5.32 Å². The first-order valence-electron chi connectivity index (χ1n) is 7.24. The van der Waals surface area contributed by atoms with Crippen molar-refractivity contribution in [3.05, 3.63) is 28.8 Å². The molecule has 1 N–H and O–H groups in total. The van der Waals surface area contributed by atoms with Crippen LogP contribution in [-0.2, 0) is 11.3 Å². The lowest BCUT2D eigenvalue weighted by Gasteiger charge is -2.27. The van der Waals surface area contributed by atoms with Crippen molar-refractivity contribution in [2.45, 2.75) is 19.0 Å². The summed E-state index contributed by atoms with van der Waals surface area (Å²) in [6, 6.07) is 6.98. The molecule has 0 spiro atoms. The van der Waals surface area contributed by atoms with Crippen molar-refractivity contribution in [2.75, 3.05) is 43.1 Å². The van der Waals surface area contributed by atoms with Crippen molar-refractivity contribution in [1.82, 2.24) is 4.90 Å². The van der Waals surface area contributed by atoms with Crippen LogP contribution in [0.25, 0.3) is 0 Å². The normalized spacial score (nSPS) is 23.9. The summed E-state index contributed by atoms with van der Waals surface area (Å²) in [5.41, 5.74) is 2.35. The zero-order valence-corrected chi connectivity index (χ0v) is 13.2. The smallest absolute Gasteiger partial charge is 0.0594 e. The number of rotatable bonds is 4. The van der Waals surface area contributed by atoms with Crippen LogP contribution in [0.3, 0.4) is 0 Å². The van der Waals surface area contributed by atoms with Gasteiger partial charge in [0.15, 0.2) is 0 Å². The fraction of sp³-hybridized carbons (Fsp3) is 0.600. The Morgan fingerprint density at radius 1 is 1.35 bits per heavy atom. The van der Waals surface area contributed by atoms with Crippen molar-refractivity contribution in [3.8, 4) is 0 Å². The molecule has 1 atom stereocenters. The minimum absolute atomic E-state index is 0.598. The third kappa shape index (κ3) is 3.82. The van der Waals surface area contributed by atoms with Gasteiger partial charge in [0.05, 0.1) is 13.2 Å². The third-order valence-corrected chi connectivity index (χ3v) is 5.37. The molecule has 0 aromatic heterocycles. The molecule has 0 unspecified atom stereocenters. The first kappa shape index (κ1) is 14.5. The number of benzene rings is 1. The Morgan fingerprint density at radius 3 is 2.90 bits per heavy atom. The standard InChI is InChI=1S/C15H21ClN2OS/c16-15-9-13(17-14-3-8-20-11-14)2-1-12(15)10-18-4-6-19-7-5-18/h1-2,9,14,17H,3-8,10-11H2/t14-/m0/s1. The summed E-state index contributed by atoms with van der Waals surface area (Å²) in [4.78, 5) is 2.39. The van der Waals surface area contributed by atoms with E-state index in [-0.39, 0.29) is 0 Å². The van der Waals surface area contributed by atoms with Crippen LogP contribution in [0.15, 0.2) is 18.2 Å². The number of thioether (sulfide) groups is 1. The highest BCUT2D eigenvalue weighted by Crippen LogP contribution is 2.26. The largest absolute Gasteiger partial charge is 0.381 e. The molecule has 2 fully saturated rings. The Balaban J connectivity index is 1.60. The van der Waals surface area contributed by atoms with Gasteiger partial charge in [-0.3, -0.25) is 4.90 Å². The second kappa shape index (κ2) is 7.03. The summed E-state index contributed by atoms with van der Waals surface area (Å²) < 4.78 is 5.37. The third-order valence-electron chi connectivity index (χ3n) is 3.85. The number of ether oxygens (including phenoxy) is 1. The molecule has 3 nitrogen and oxygen atoms in total. The van der Waals surface area contributed by atoms with Gasteiger partial charge in [0.2, 0.25) is 0 Å². The van der Waals surface area contributed by atoms with E-state index in [1.807, 2.05) is 11.8 Å². The van der Waals surface area contributed by atoms with E-state index in [1.54, 1.807) is 0 Å². The highest BCUT2D eigenvalue weighted by atomic mass is 35.5. The molecular weight excluding hydrogens is 292 g/mol. The Labute approximate surface area is 130 Å². The van der Waals surface area contributed by atoms with Crippen molar-refractivity contribution in [3.63, 3.8) is 0 Å². The van der Waals surface area contributed by atoms with Gasteiger partial charge in [-0.1, -0.05) is 17.7 Å². The fourth-order valence-electron chi connectivity index (χ4n) is 2.65. The van der Waals surface area contributed by atoms with Crippen molar-refractivity contribution < 1.29 is 4.74 Å². The van der Waals surface area contributed by atoms with Crippen molar-refractivity contribution >= 4 is 29.1 Å². The molecule has 1 aromatic carbocycles. The lowest BCUT2D eigenvalue weighted by molar-refractivity contribution is 0.0342. The van der Waals surface area contributed by atoms with E-state index in [2.05, 4.69) is 28.4 Å². The Hall–Kier alpha value is -0.420. The maximum atomic E-state index is 6.43. The monoisotopic (exact) mass is 312 g/mol. The topological polar surface area (TPSA) is 24.5 Å². The molecule has 2 aliphatic rings. The number of hydrogen-bond donors (Lipinski definition) is 1. The average molecular weight is 313 g/mol. The van der Waals surface area contributed by atoms with Crippen molar-refractivity contribution in [1.29, 1.82) is 0 Å². The number of halogens is 1. The molecule has 5 heteroatoms. The molecule has 20 heavy (non-hydrogen) atoms. The van der Waals surface area contributed by atoms with E-state index in [1.165, 1.54) is 23.5 Å². The van der Waals surface area contributed by atoms with Crippen LogP contribution in [0.5, 0.6) is 0 Å². The highest BCUT2D eigenvalue weighted by Gasteiger charge is 2.16. The van der Waals surface area contributed by atoms with E-state index < -0.39 is 0 Å². The quantitative estimate of drug-likeness (QED) is 0.923. The summed E-state index contributed by atoms with van der Waals surface area (Å²) in [7, 11) is 0. The minimum Gasteiger partial charge on any atom is -0.381 e. The van der Waals surface area contributed by atoms with Crippen LogP contribution in [-0.4, -0.2) is 48.8 Å². The van der Waals surface area contributed by atoms with Gasteiger partial charge in [-0.25, -0.2) is 0 Å². The van der Waals surface area contributed by atoms with Gasteiger partial charge in [-0.2, -0.15) is 11.8 Å². The van der Waals surface area contributed by atoms with E-state index in [9.17, 15) is 0 Å². The summed E-state index contributed by atoms with van der Waals surface area (Å²) in [5.74, 6) is 2.47. The first-order chi connectivity index (χ1) is 9.81. The zero-order chi connectivity index (χ0) is 13.8. The number of nitrogens with one attached hydrogen (secondary N) is 1. The highest BCUT2D eigenvalue weighted by molar-refractivity contribution is 7.99. The molecule has 3 rings (SSSR count). The lowest BCUT2D eigenvalue weighted by atomic mass is 10.1. The van der Waals surface area contributed by atoms with E-state index in [0.717, 1.165) is 43.6 Å². The average Bonchev–Trinajstić information content (AvgIpc) is 2.96. The Morgan fingerprint density at radius 2 is 2.20 bits per heavy atom. The van der Waals surface area contributed by atoms with Crippen LogP contribution >= 0.6 is 23.4 Å². The van der Waals surface area contributed by atoms with Gasteiger partial charge >= 0.3 is 0 Å². The Bertz CT molecular complexity index is 445. The van der Waals surface area contributed by atoms with Gasteiger partial charge in [0.25, 0.3) is 0 Å². The van der Waals surface area contributed by atoms with E-state index in [4.69, 9.17) is 16.3 Å². The summed E-state index contributed by atoms with van der Waals surface area (Å²) in [6.45, 7) is 4.57. The van der Waals surface area contributed by atoms with Crippen LogP contribution in [0.2, 0.25) is 5.02 Å². The second-order valence-electron chi connectivity index (χ2n) is 5.40. The number of anilines is 1. The first-order valence-corrected chi connectivity index (χ1v) is 8.77. The molecule has 0 amide bonds. The molecular formula is C15H21ClN2OS. The van der Waals surface area contributed by atoms with Crippen LogP contribution in [0.4, 0.5) is 5.69 Å². The Kier molecular flexibility index (Phi) is 5.10. The van der Waals surface area contributed by atoms with E-state index >= 15 is 0 Å². The summed E-state index contributed by atoms with van der Waals surface area (Å²) in [6.07, 6.45) is 1.25. The van der Waals surface area contributed by atoms with Gasteiger partial charge in [0, 0.05) is 42.1 Å². The van der Waals surface area contributed by atoms with E-state index in [0.29, 0.717) is 6.04 Å². The van der Waals surface area contributed by atoms with Gasteiger partial charge < -0.3 is 10.1 Å². The zero-order valence-electron chi connectivity index (χ0n) is 11.6. The van der Waals surface area contributed by atoms with Crippen LogP contribution in [0.1, 0.15) is 12.0 Å². The summed E-state index contributed by atoms with van der Waals surface area (Å²) >= 11 is 8.45. The maximum absolute atomic E-state index is 6.43. The second-order valence-corrected chi connectivity index (χ2v) is 6.96. The predicted molar refractivity (Wildman–Crippen MR) is 86.9 cm³/mol. The lowest BCUT2D eigenvalue weighted by Crippen LogP contribution is -2.35. The maximum Gasteiger partial charge on any atom is 0.0594 e. The number of nitrogens with zero attached hydrogens (tertiary/aromatic N) is 1. The predicted octanol–water partition coefficient (Wildman–Crippen LogP) is 3.09. The number of morpholine rings is 1. The molecule has 0 aliphatic carbocycles. The summed E-state index contributed by atoms with van der Waals surface area (Å²) in [5, 5.41) is 4.44. The molecule has 0 saturated carbocycles.